The van der Waals surface area contributed by atoms with Crippen LogP contribution in [0.15, 0.2) is 46.3 Å². The summed E-state index contributed by atoms with van der Waals surface area (Å²) < 4.78 is 0. The number of phenolic OH excluding ortho intramolecular Hbond substituents is 1. The van der Waals surface area contributed by atoms with Crippen molar-refractivity contribution in [1.82, 2.24) is 5.32 Å². The Kier molecular flexibility index (Phi) is 4.97. The number of nitrogens with one attached hydrogen (secondary N) is 1. The minimum Gasteiger partial charge on any atom is -0.502 e. The summed E-state index contributed by atoms with van der Waals surface area (Å²) in [5.74, 6) is -0.788. The summed E-state index contributed by atoms with van der Waals surface area (Å²) in [5.41, 5.74) is 1.55. The van der Waals surface area contributed by atoms with Gasteiger partial charge in [-0.3, -0.25) is 14.9 Å². The lowest BCUT2D eigenvalue weighted by Crippen LogP contribution is -2.19. The van der Waals surface area contributed by atoms with Gasteiger partial charge < -0.3 is 10.4 Å². The molecule has 7 nitrogen and oxygen atoms in total. The van der Waals surface area contributed by atoms with E-state index in [1.165, 1.54) is 24.3 Å². The van der Waals surface area contributed by atoms with Crippen LogP contribution in [0.1, 0.15) is 11.1 Å². The van der Waals surface area contributed by atoms with Gasteiger partial charge in [-0.05, 0) is 54.1 Å². The number of amidine groups is 1. The second-order valence-electron chi connectivity index (χ2n) is 5.42. The largest absolute Gasteiger partial charge is 0.502 e. The van der Waals surface area contributed by atoms with Crippen molar-refractivity contribution in [1.29, 1.82) is 0 Å². The highest BCUT2D eigenvalue weighted by atomic mass is 35.5. The van der Waals surface area contributed by atoms with Crippen molar-refractivity contribution in [2.75, 3.05) is 0 Å². The molecule has 0 unspecified atom stereocenters. The number of aryl methyl sites for hydroxylation is 1. The number of benzene rings is 2. The van der Waals surface area contributed by atoms with Crippen molar-refractivity contribution in [3.63, 3.8) is 0 Å². The van der Waals surface area contributed by atoms with Crippen molar-refractivity contribution >= 4 is 51.9 Å². The van der Waals surface area contributed by atoms with E-state index in [1.54, 1.807) is 12.1 Å². The van der Waals surface area contributed by atoms with E-state index in [-0.39, 0.29) is 5.91 Å². The van der Waals surface area contributed by atoms with Crippen LogP contribution < -0.4 is 5.32 Å². The number of nitro groups is 1. The first-order valence-electron chi connectivity index (χ1n) is 7.36. The van der Waals surface area contributed by atoms with Crippen LogP contribution >= 0.6 is 23.4 Å². The molecule has 132 valence electrons. The summed E-state index contributed by atoms with van der Waals surface area (Å²) in [6.45, 7) is 1.88. The summed E-state index contributed by atoms with van der Waals surface area (Å²) in [5, 5.41) is 24.0. The van der Waals surface area contributed by atoms with Crippen LogP contribution in [0.3, 0.4) is 0 Å². The molecular weight excluding hydrogens is 378 g/mol. The van der Waals surface area contributed by atoms with Crippen LogP contribution in [0.4, 0.5) is 11.4 Å². The lowest BCUT2D eigenvalue weighted by molar-refractivity contribution is -0.385. The number of hydrogen-bond donors (Lipinski definition) is 2. The Labute approximate surface area is 157 Å². The van der Waals surface area contributed by atoms with E-state index in [0.717, 1.165) is 17.3 Å². The highest BCUT2D eigenvalue weighted by Crippen LogP contribution is 2.32. The molecule has 3 rings (SSSR count). The monoisotopic (exact) mass is 389 g/mol. The highest BCUT2D eigenvalue weighted by molar-refractivity contribution is 8.18. The van der Waals surface area contributed by atoms with Gasteiger partial charge in [0.1, 0.15) is 0 Å². The lowest BCUT2D eigenvalue weighted by Gasteiger charge is -2.01. The Morgan fingerprint density at radius 3 is 2.81 bits per heavy atom. The van der Waals surface area contributed by atoms with Crippen molar-refractivity contribution in [3.05, 3.63) is 67.6 Å². The number of aliphatic imine (C=N–C) groups is 1. The van der Waals surface area contributed by atoms with Crippen LogP contribution in [0.25, 0.3) is 6.08 Å². The van der Waals surface area contributed by atoms with Crippen LogP contribution in [0.5, 0.6) is 5.75 Å². The molecule has 9 heteroatoms. The maximum absolute atomic E-state index is 12.1. The predicted octanol–water partition coefficient (Wildman–Crippen LogP) is 4.15. The number of nitrogens with zero attached hydrogens (tertiary/aromatic N) is 2. The number of carbonyl (C=O) groups is 1. The molecule has 26 heavy (non-hydrogen) atoms. The fraction of sp³-hybridized carbons (Fsp3) is 0.0588. The second kappa shape index (κ2) is 7.19. The zero-order valence-corrected chi connectivity index (χ0v) is 15.0. The van der Waals surface area contributed by atoms with Crippen molar-refractivity contribution < 1.29 is 14.8 Å². The smallest absolute Gasteiger partial charge is 0.311 e. The predicted molar refractivity (Wildman–Crippen MR) is 102 cm³/mol. The fourth-order valence-corrected chi connectivity index (χ4v) is 3.22. The molecule has 2 aromatic carbocycles. The van der Waals surface area contributed by atoms with Gasteiger partial charge in [0.2, 0.25) is 0 Å². The van der Waals surface area contributed by atoms with E-state index in [0.29, 0.717) is 26.3 Å². The molecule has 1 aliphatic heterocycles. The molecule has 1 amide bonds. The summed E-state index contributed by atoms with van der Waals surface area (Å²) in [7, 11) is 0. The zero-order valence-electron chi connectivity index (χ0n) is 13.4. The van der Waals surface area contributed by atoms with E-state index >= 15 is 0 Å². The lowest BCUT2D eigenvalue weighted by atomic mass is 10.1. The Bertz CT molecular complexity index is 988. The third-order valence-corrected chi connectivity index (χ3v) is 4.68. The number of halogens is 1. The Balaban J connectivity index is 1.89. The van der Waals surface area contributed by atoms with E-state index in [2.05, 4.69) is 10.3 Å². The topological polar surface area (TPSA) is 105 Å². The number of hydrogen-bond acceptors (Lipinski definition) is 6. The van der Waals surface area contributed by atoms with Gasteiger partial charge in [0.15, 0.2) is 10.9 Å². The molecule has 0 radical (unpaired) electrons. The van der Waals surface area contributed by atoms with Gasteiger partial charge in [0, 0.05) is 11.1 Å². The van der Waals surface area contributed by atoms with Crippen molar-refractivity contribution in [3.8, 4) is 5.75 Å². The maximum atomic E-state index is 12.1. The zero-order chi connectivity index (χ0) is 18.8. The number of carbonyl (C=O) groups excluding carboxylic acids is 1. The number of nitro benzene ring substituents is 1. The third-order valence-electron chi connectivity index (χ3n) is 3.54. The number of amides is 1. The quantitative estimate of drug-likeness (QED) is 0.466. The molecular formula is C17H12ClN3O4S. The number of aromatic hydroxyl groups is 1. The summed E-state index contributed by atoms with van der Waals surface area (Å²) in [6, 6.07) is 9.18. The molecule has 0 aromatic heterocycles. The van der Waals surface area contributed by atoms with Crippen LogP contribution in [0, 0.1) is 17.0 Å². The van der Waals surface area contributed by atoms with Gasteiger partial charge in [0.25, 0.3) is 5.91 Å². The van der Waals surface area contributed by atoms with E-state index in [4.69, 9.17) is 11.6 Å². The Morgan fingerprint density at radius 1 is 1.31 bits per heavy atom. The Hall–Kier alpha value is -2.84. The normalized spacial score (nSPS) is 16.9. The minimum atomic E-state index is -0.686. The molecule has 0 atom stereocenters. The van der Waals surface area contributed by atoms with Gasteiger partial charge >= 0.3 is 5.69 Å². The van der Waals surface area contributed by atoms with Gasteiger partial charge in [-0.25, -0.2) is 4.99 Å². The third kappa shape index (κ3) is 3.87. The van der Waals surface area contributed by atoms with E-state index in [9.17, 15) is 20.0 Å². The highest BCUT2D eigenvalue weighted by Gasteiger charge is 2.24. The first-order chi connectivity index (χ1) is 12.3. The molecule has 0 aliphatic carbocycles. The molecule has 0 saturated carbocycles. The van der Waals surface area contributed by atoms with E-state index < -0.39 is 16.4 Å². The molecule has 0 spiro atoms. The molecule has 0 bridgehead atoms. The summed E-state index contributed by atoms with van der Waals surface area (Å²) in [4.78, 5) is 27.1. The number of phenols is 1. The van der Waals surface area contributed by atoms with Crippen LogP contribution in [-0.2, 0) is 4.79 Å². The summed E-state index contributed by atoms with van der Waals surface area (Å²) in [6.07, 6.45) is 1.50. The Morgan fingerprint density at radius 2 is 2.08 bits per heavy atom. The van der Waals surface area contributed by atoms with Crippen LogP contribution in [0.2, 0.25) is 5.02 Å². The molecule has 2 aromatic rings. The SMILES string of the molecule is Cc1ccc(Cl)cc1N=C1NC(=O)/C(=C/c2ccc(O)c([N+](=O)[O-])c2)S1. The first-order valence-corrected chi connectivity index (χ1v) is 8.56. The van der Waals surface area contributed by atoms with Crippen molar-refractivity contribution in [2.45, 2.75) is 6.92 Å². The molecule has 1 aliphatic rings. The standard InChI is InChI=1S/C17H12ClN3O4S/c1-9-2-4-11(18)8-12(9)19-17-20-16(23)15(26-17)7-10-3-5-14(22)13(6-10)21(24)25/h2-8,22H,1H3,(H,19,20,23)/b15-7-. The van der Waals surface area contributed by atoms with Gasteiger partial charge in [-0.2, -0.15) is 0 Å². The average Bonchev–Trinajstić information content (AvgIpc) is 2.92. The van der Waals surface area contributed by atoms with Gasteiger partial charge in [-0.1, -0.05) is 23.7 Å². The molecule has 1 fully saturated rings. The summed E-state index contributed by atoms with van der Waals surface area (Å²) >= 11 is 7.09. The number of rotatable bonds is 3. The average molecular weight is 390 g/mol. The maximum Gasteiger partial charge on any atom is 0.311 e. The second-order valence-corrected chi connectivity index (χ2v) is 6.88. The van der Waals surface area contributed by atoms with Gasteiger partial charge in [-0.15, -0.1) is 0 Å². The molecule has 1 saturated heterocycles. The molecule has 2 N–H and O–H groups in total. The molecule has 1 heterocycles. The number of thioether (sulfide) groups is 1. The minimum absolute atomic E-state index is 0.336. The fourth-order valence-electron chi connectivity index (χ4n) is 2.22. The van der Waals surface area contributed by atoms with Crippen molar-refractivity contribution in [2.24, 2.45) is 4.99 Å². The first kappa shape index (κ1) is 18.0. The van der Waals surface area contributed by atoms with E-state index in [1.807, 2.05) is 13.0 Å². The van der Waals surface area contributed by atoms with Crippen LogP contribution in [-0.4, -0.2) is 21.1 Å². The van der Waals surface area contributed by atoms with Gasteiger partial charge in [0.05, 0.1) is 15.5 Å².